The van der Waals surface area contributed by atoms with Crippen molar-refractivity contribution in [1.29, 1.82) is 0 Å². The normalized spacial score (nSPS) is 16.4. The molecule has 1 heterocycles. The molecule has 1 amide bonds. The van der Waals surface area contributed by atoms with Gasteiger partial charge in [0, 0.05) is 30.8 Å². The molecule has 3 rings (SSSR count). The quantitative estimate of drug-likeness (QED) is 0.824. The highest BCUT2D eigenvalue weighted by atomic mass is 16.5. The summed E-state index contributed by atoms with van der Waals surface area (Å²) >= 11 is 0. The number of benzene rings is 2. The van der Waals surface area contributed by atoms with Gasteiger partial charge in [0.2, 0.25) is 0 Å². The van der Waals surface area contributed by atoms with Crippen molar-refractivity contribution in [2.45, 2.75) is 32.4 Å². The Hall–Kier alpha value is -2.53. The Morgan fingerprint density at radius 1 is 1.23 bits per heavy atom. The molecule has 1 fully saturated rings. The van der Waals surface area contributed by atoms with Gasteiger partial charge in [0.15, 0.2) is 0 Å². The molecule has 5 heteroatoms. The first kappa shape index (κ1) is 18.3. The smallest absolute Gasteiger partial charge is 0.254 e. The fraction of sp³-hybridized carbons (Fsp3) is 0.381. The number of rotatable bonds is 7. The minimum Gasteiger partial charge on any atom is -0.508 e. The van der Waals surface area contributed by atoms with Gasteiger partial charge in [-0.2, -0.15) is 0 Å². The SMILES string of the molecule is CCOc1ccc(C(=O)N(Cc2ccccc2O)CC2CCCO2)cc1. The van der Waals surface area contributed by atoms with Crippen molar-refractivity contribution in [3.8, 4) is 11.5 Å². The lowest BCUT2D eigenvalue weighted by Crippen LogP contribution is -2.37. The van der Waals surface area contributed by atoms with Gasteiger partial charge >= 0.3 is 0 Å². The van der Waals surface area contributed by atoms with Crippen LogP contribution in [-0.2, 0) is 11.3 Å². The first-order chi connectivity index (χ1) is 12.7. The summed E-state index contributed by atoms with van der Waals surface area (Å²) in [7, 11) is 0. The maximum Gasteiger partial charge on any atom is 0.254 e. The van der Waals surface area contributed by atoms with Crippen LogP contribution in [0.2, 0.25) is 0 Å². The number of para-hydroxylation sites is 1. The number of hydrogen-bond acceptors (Lipinski definition) is 4. The minimum atomic E-state index is -0.0770. The molecule has 0 aliphatic carbocycles. The van der Waals surface area contributed by atoms with Crippen LogP contribution in [-0.4, -0.2) is 41.8 Å². The Balaban J connectivity index is 1.79. The second kappa shape index (κ2) is 8.72. The molecular formula is C21H25NO4. The molecule has 1 aliphatic heterocycles. The van der Waals surface area contributed by atoms with Crippen molar-refractivity contribution in [1.82, 2.24) is 4.90 Å². The van der Waals surface area contributed by atoms with E-state index in [9.17, 15) is 9.90 Å². The van der Waals surface area contributed by atoms with Gasteiger partial charge in [-0.1, -0.05) is 18.2 Å². The van der Waals surface area contributed by atoms with E-state index in [2.05, 4.69) is 0 Å². The topological polar surface area (TPSA) is 59.0 Å². The highest BCUT2D eigenvalue weighted by Crippen LogP contribution is 2.22. The summed E-state index contributed by atoms with van der Waals surface area (Å²) in [4.78, 5) is 14.8. The van der Waals surface area contributed by atoms with Crippen molar-refractivity contribution in [2.24, 2.45) is 0 Å². The molecule has 2 aromatic carbocycles. The zero-order valence-corrected chi connectivity index (χ0v) is 15.1. The molecule has 138 valence electrons. The molecule has 0 radical (unpaired) electrons. The molecule has 5 nitrogen and oxygen atoms in total. The minimum absolute atomic E-state index is 0.0486. The highest BCUT2D eigenvalue weighted by molar-refractivity contribution is 5.94. The van der Waals surface area contributed by atoms with Gasteiger partial charge in [-0.05, 0) is 50.1 Å². The van der Waals surface area contributed by atoms with Gasteiger partial charge in [-0.3, -0.25) is 4.79 Å². The zero-order chi connectivity index (χ0) is 18.4. The van der Waals surface area contributed by atoms with Crippen molar-refractivity contribution < 1.29 is 19.4 Å². The predicted octanol–water partition coefficient (Wildman–Crippen LogP) is 3.61. The molecular weight excluding hydrogens is 330 g/mol. The Morgan fingerprint density at radius 2 is 2.00 bits per heavy atom. The van der Waals surface area contributed by atoms with Crippen LogP contribution >= 0.6 is 0 Å². The van der Waals surface area contributed by atoms with Crippen LogP contribution < -0.4 is 4.74 Å². The molecule has 0 aromatic heterocycles. The first-order valence-electron chi connectivity index (χ1n) is 9.08. The standard InChI is InChI=1S/C21H25NO4/c1-2-25-18-11-9-16(10-12-18)21(24)22(15-19-7-5-13-26-19)14-17-6-3-4-8-20(17)23/h3-4,6,8-12,19,23H,2,5,7,13-15H2,1H3. The number of ether oxygens (including phenoxy) is 2. The van der Waals surface area contributed by atoms with Crippen LogP contribution in [0.5, 0.6) is 11.5 Å². The molecule has 1 N–H and O–H groups in total. The van der Waals surface area contributed by atoms with E-state index in [-0.39, 0.29) is 17.8 Å². The lowest BCUT2D eigenvalue weighted by Gasteiger charge is -2.26. The van der Waals surface area contributed by atoms with E-state index in [4.69, 9.17) is 9.47 Å². The van der Waals surface area contributed by atoms with Crippen LogP contribution in [0, 0.1) is 0 Å². The highest BCUT2D eigenvalue weighted by Gasteiger charge is 2.24. The van der Waals surface area contributed by atoms with E-state index in [1.54, 1.807) is 41.3 Å². The van der Waals surface area contributed by atoms with Gasteiger partial charge in [-0.15, -0.1) is 0 Å². The second-order valence-electron chi connectivity index (χ2n) is 6.41. The number of phenols is 1. The van der Waals surface area contributed by atoms with Crippen LogP contribution in [0.1, 0.15) is 35.7 Å². The average molecular weight is 355 g/mol. The summed E-state index contributed by atoms with van der Waals surface area (Å²) in [5, 5.41) is 10.1. The summed E-state index contributed by atoms with van der Waals surface area (Å²) in [5.74, 6) is 0.867. The van der Waals surface area contributed by atoms with E-state index in [1.807, 2.05) is 19.1 Å². The van der Waals surface area contributed by atoms with E-state index >= 15 is 0 Å². The van der Waals surface area contributed by atoms with Gasteiger partial charge in [-0.25, -0.2) is 0 Å². The number of carbonyl (C=O) groups is 1. The molecule has 1 saturated heterocycles. The van der Waals surface area contributed by atoms with Gasteiger partial charge in [0.1, 0.15) is 11.5 Å². The second-order valence-corrected chi connectivity index (χ2v) is 6.41. The lowest BCUT2D eigenvalue weighted by atomic mass is 10.1. The third kappa shape index (κ3) is 4.55. The maximum atomic E-state index is 13.1. The zero-order valence-electron chi connectivity index (χ0n) is 15.1. The number of amides is 1. The third-order valence-electron chi connectivity index (χ3n) is 4.50. The van der Waals surface area contributed by atoms with Crippen LogP contribution in [0.15, 0.2) is 48.5 Å². The Labute approximate surface area is 154 Å². The van der Waals surface area contributed by atoms with Crippen LogP contribution in [0.4, 0.5) is 0 Å². The van der Waals surface area contributed by atoms with Gasteiger partial charge < -0.3 is 19.5 Å². The first-order valence-corrected chi connectivity index (χ1v) is 9.08. The number of aromatic hydroxyl groups is 1. The molecule has 0 bridgehead atoms. The lowest BCUT2D eigenvalue weighted by molar-refractivity contribution is 0.0506. The average Bonchev–Trinajstić information content (AvgIpc) is 3.16. The third-order valence-corrected chi connectivity index (χ3v) is 4.50. The van der Waals surface area contributed by atoms with Crippen molar-refractivity contribution in [3.05, 3.63) is 59.7 Å². The Morgan fingerprint density at radius 3 is 2.65 bits per heavy atom. The molecule has 1 unspecified atom stereocenters. The van der Waals surface area contributed by atoms with E-state index < -0.39 is 0 Å². The molecule has 26 heavy (non-hydrogen) atoms. The fourth-order valence-corrected chi connectivity index (χ4v) is 3.15. The Bertz CT molecular complexity index is 723. The largest absolute Gasteiger partial charge is 0.508 e. The van der Waals surface area contributed by atoms with E-state index in [0.717, 1.165) is 30.8 Å². The predicted molar refractivity (Wildman–Crippen MR) is 99.4 cm³/mol. The summed E-state index contributed by atoms with van der Waals surface area (Å²) in [5.41, 5.74) is 1.33. The summed E-state index contributed by atoms with van der Waals surface area (Å²) in [6.07, 6.45) is 2.02. The monoisotopic (exact) mass is 355 g/mol. The molecule has 0 spiro atoms. The van der Waals surface area contributed by atoms with Crippen molar-refractivity contribution >= 4 is 5.91 Å². The number of hydrogen-bond donors (Lipinski definition) is 1. The Kier molecular flexibility index (Phi) is 6.12. The summed E-state index contributed by atoms with van der Waals surface area (Å²) in [6.45, 7) is 4.12. The number of nitrogens with zero attached hydrogens (tertiary/aromatic N) is 1. The maximum absolute atomic E-state index is 13.1. The fourth-order valence-electron chi connectivity index (χ4n) is 3.15. The molecule has 2 aromatic rings. The van der Waals surface area contributed by atoms with E-state index in [1.165, 1.54) is 0 Å². The van der Waals surface area contributed by atoms with Gasteiger partial charge in [0.25, 0.3) is 5.91 Å². The summed E-state index contributed by atoms with van der Waals surface area (Å²) < 4.78 is 11.2. The van der Waals surface area contributed by atoms with Gasteiger partial charge in [0.05, 0.1) is 12.7 Å². The van der Waals surface area contributed by atoms with E-state index in [0.29, 0.717) is 25.3 Å². The number of phenolic OH excluding ortho intramolecular Hbond substituents is 1. The van der Waals surface area contributed by atoms with Crippen LogP contribution in [0.3, 0.4) is 0 Å². The van der Waals surface area contributed by atoms with Crippen molar-refractivity contribution in [3.63, 3.8) is 0 Å². The van der Waals surface area contributed by atoms with Crippen LogP contribution in [0.25, 0.3) is 0 Å². The molecule has 1 aliphatic rings. The molecule has 0 saturated carbocycles. The summed E-state index contributed by atoms with van der Waals surface area (Å²) in [6, 6.07) is 14.3. The van der Waals surface area contributed by atoms with Crippen molar-refractivity contribution in [2.75, 3.05) is 19.8 Å². The number of carbonyl (C=O) groups excluding carboxylic acids is 1. The molecule has 1 atom stereocenters.